The molecule has 1 aliphatic heterocycles. The fourth-order valence-corrected chi connectivity index (χ4v) is 5.76. The maximum absolute atomic E-state index is 12.9. The van der Waals surface area contributed by atoms with Crippen molar-refractivity contribution in [2.24, 2.45) is 5.92 Å². The summed E-state index contributed by atoms with van der Waals surface area (Å²) in [6.07, 6.45) is 3.83. The van der Waals surface area contributed by atoms with Crippen LogP contribution in [0.2, 0.25) is 18.1 Å². The molecule has 34 heavy (non-hydrogen) atoms. The van der Waals surface area contributed by atoms with E-state index in [1.807, 2.05) is 38.1 Å². The molecule has 5 atom stereocenters. The van der Waals surface area contributed by atoms with Crippen molar-refractivity contribution in [2.45, 2.75) is 103 Å². The third-order valence-corrected chi connectivity index (χ3v) is 12.0. The highest BCUT2D eigenvalue weighted by molar-refractivity contribution is 14.1. The molecule has 0 spiro atoms. The summed E-state index contributed by atoms with van der Waals surface area (Å²) in [5.74, 6) is -0.947. The lowest BCUT2D eigenvalue weighted by Gasteiger charge is -2.39. The van der Waals surface area contributed by atoms with Crippen LogP contribution in [0.3, 0.4) is 0 Å². The fraction of sp³-hybridized carbons (Fsp3) is 0.667. The topological polar surface area (TPSA) is 54.0 Å². The van der Waals surface area contributed by atoms with Gasteiger partial charge in [-0.3, -0.25) is 0 Å². The maximum atomic E-state index is 12.9. The Morgan fingerprint density at radius 1 is 1.15 bits per heavy atom. The summed E-state index contributed by atoms with van der Waals surface area (Å²) in [6, 6.07) is 9.08. The van der Waals surface area contributed by atoms with E-state index in [-0.39, 0.29) is 35.2 Å². The molecule has 0 N–H and O–H groups in total. The molecule has 2 rings (SSSR count). The van der Waals surface area contributed by atoms with Gasteiger partial charge in [-0.1, -0.05) is 74.6 Å². The molecule has 5 nitrogen and oxygen atoms in total. The van der Waals surface area contributed by atoms with Gasteiger partial charge in [0, 0.05) is 10.5 Å². The van der Waals surface area contributed by atoms with Crippen molar-refractivity contribution in [3.8, 4) is 0 Å². The van der Waals surface area contributed by atoms with E-state index in [9.17, 15) is 4.79 Å². The number of carbonyl (C=O) groups excluding carboxylic acids is 1. The molecule has 1 saturated heterocycles. The molecule has 1 aromatic rings. The largest absolute Gasteiger partial charge is 0.452 e. The van der Waals surface area contributed by atoms with Gasteiger partial charge in [0.15, 0.2) is 14.1 Å². The molecule has 1 heterocycles. The van der Waals surface area contributed by atoms with Crippen LogP contribution in [-0.2, 0) is 18.6 Å². The van der Waals surface area contributed by atoms with Gasteiger partial charge >= 0.3 is 5.97 Å². The van der Waals surface area contributed by atoms with Gasteiger partial charge in [-0.25, -0.2) is 4.79 Å². The first-order valence-corrected chi connectivity index (χ1v) is 16.6. The van der Waals surface area contributed by atoms with Crippen molar-refractivity contribution in [1.29, 1.82) is 0 Å². The number of hydrogen-bond donors (Lipinski definition) is 0. The summed E-state index contributed by atoms with van der Waals surface area (Å²) < 4.78 is 25.9. The highest BCUT2D eigenvalue weighted by Crippen LogP contribution is 2.38. The summed E-state index contributed by atoms with van der Waals surface area (Å²) in [5.41, 5.74) is 0.521. The molecule has 0 aliphatic carbocycles. The first-order chi connectivity index (χ1) is 15.7. The second-order valence-electron chi connectivity index (χ2n) is 11.2. The minimum atomic E-state index is -1.89. The van der Waals surface area contributed by atoms with E-state index in [4.69, 9.17) is 18.6 Å². The molecule has 192 valence electrons. The number of benzene rings is 1. The standard InChI is InChI=1S/C27H43IO5Si/c1-19(20(2)33-34(8,9)26(3,4)5)15-16-22(30-25(29)21-13-11-10-12-14-21)24-23(17-18-28)31-27(6,7)32-24/h10-16,19-20,22-24H,17-18H2,1-9H3/b16-15-/t19-,20?,22?,23?,24-/m1/s1. The average Bonchev–Trinajstić information content (AvgIpc) is 3.04. The van der Waals surface area contributed by atoms with Crippen LogP contribution in [-0.4, -0.2) is 48.9 Å². The lowest BCUT2D eigenvalue weighted by Crippen LogP contribution is -2.44. The third kappa shape index (κ3) is 8.15. The number of ether oxygens (including phenoxy) is 3. The van der Waals surface area contributed by atoms with Crippen LogP contribution in [0.5, 0.6) is 0 Å². The molecule has 0 saturated carbocycles. The van der Waals surface area contributed by atoms with Crippen LogP contribution >= 0.6 is 22.6 Å². The van der Waals surface area contributed by atoms with E-state index < -0.39 is 20.2 Å². The monoisotopic (exact) mass is 602 g/mol. The van der Waals surface area contributed by atoms with Crippen LogP contribution in [0.1, 0.15) is 65.2 Å². The van der Waals surface area contributed by atoms with Crippen LogP contribution in [0, 0.1) is 5.92 Å². The zero-order valence-electron chi connectivity index (χ0n) is 22.3. The zero-order valence-corrected chi connectivity index (χ0v) is 25.4. The summed E-state index contributed by atoms with van der Waals surface area (Å²) in [7, 11) is -1.89. The molecule has 0 amide bonds. The number of esters is 1. The predicted molar refractivity (Wildman–Crippen MR) is 149 cm³/mol. The lowest BCUT2D eigenvalue weighted by atomic mass is 10.0. The molecule has 3 unspecified atom stereocenters. The Hall–Kier alpha value is -0.743. The summed E-state index contributed by atoms with van der Waals surface area (Å²) >= 11 is 2.34. The quantitative estimate of drug-likeness (QED) is 0.0936. The van der Waals surface area contributed by atoms with Crippen molar-refractivity contribution >= 4 is 36.9 Å². The van der Waals surface area contributed by atoms with Crippen molar-refractivity contribution in [2.75, 3.05) is 4.43 Å². The van der Waals surface area contributed by atoms with E-state index in [0.717, 1.165) is 10.8 Å². The van der Waals surface area contributed by atoms with Crippen LogP contribution in [0.25, 0.3) is 0 Å². The summed E-state index contributed by atoms with van der Waals surface area (Å²) in [6.45, 7) is 19.4. The molecule has 7 heteroatoms. The first-order valence-electron chi connectivity index (χ1n) is 12.2. The number of hydrogen-bond acceptors (Lipinski definition) is 5. The van der Waals surface area contributed by atoms with E-state index in [1.165, 1.54) is 0 Å². The van der Waals surface area contributed by atoms with Crippen LogP contribution in [0.15, 0.2) is 42.5 Å². The predicted octanol–water partition coefficient (Wildman–Crippen LogP) is 7.16. The van der Waals surface area contributed by atoms with Crippen molar-refractivity contribution in [3.05, 3.63) is 48.0 Å². The van der Waals surface area contributed by atoms with Gasteiger partial charge in [-0.2, -0.15) is 0 Å². The fourth-order valence-electron chi connectivity index (χ4n) is 3.64. The average molecular weight is 603 g/mol. The van der Waals surface area contributed by atoms with E-state index in [0.29, 0.717) is 5.56 Å². The third-order valence-electron chi connectivity index (χ3n) is 6.82. The van der Waals surface area contributed by atoms with Crippen LogP contribution < -0.4 is 0 Å². The smallest absolute Gasteiger partial charge is 0.338 e. The van der Waals surface area contributed by atoms with Gasteiger partial charge in [0.2, 0.25) is 0 Å². The molecule has 0 bridgehead atoms. The Morgan fingerprint density at radius 2 is 1.76 bits per heavy atom. The van der Waals surface area contributed by atoms with Crippen molar-refractivity contribution < 1.29 is 23.4 Å². The Labute approximate surface area is 221 Å². The molecular weight excluding hydrogens is 559 g/mol. The van der Waals surface area contributed by atoms with E-state index >= 15 is 0 Å². The van der Waals surface area contributed by atoms with Gasteiger partial charge < -0.3 is 18.6 Å². The Kier molecular flexibility index (Phi) is 10.4. The number of carbonyl (C=O) groups is 1. The normalized spacial score (nSPS) is 23.6. The molecular formula is C27H43IO5Si. The molecule has 1 aliphatic rings. The van der Waals surface area contributed by atoms with Crippen molar-refractivity contribution in [3.63, 3.8) is 0 Å². The number of alkyl halides is 1. The molecule has 1 fully saturated rings. The van der Waals surface area contributed by atoms with Gasteiger partial charge in [0.1, 0.15) is 12.2 Å². The van der Waals surface area contributed by atoms with E-state index in [2.05, 4.69) is 76.4 Å². The summed E-state index contributed by atoms with van der Waals surface area (Å²) in [4.78, 5) is 12.9. The van der Waals surface area contributed by atoms with Gasteiger partial charge in [-0.15, -0.1) is 0 Å². The number of halogens is 1. The van der Waals surface area contributed by atoms with Gasteiger partial charge in [0.05, 0.1) is 11.7 Å². The zero-order chi connectivity index (χ0) is 25.7. The second kappa shape index (κ2) is 12.0. The maximum Gasteiger partial charge on any atom is 0.338 e. The SMILES string of the molecule is CC(O[Si](C)(C)C(C)(C)C)[C@H](C)/C=C\C(OC(=O)c1ccccc1)[C@H]1OC(C)(C)OC1CCI. The highest BCUT2D eigenvalue weighted by atomic mass is 127. The summed E-state index contributed by atoms with van der Waals surface area (Å²) in [5, 5.41) is 0.145. The van der Waals surface area contributed by atoms with Crippen molar-refractivity contribution in [1.82, 2.24) is 0 Å². The number of rotatable bonds is 10. The minimum absolute atomic E-state index is 0.0462. The highest BCUT2D eigenvalue weighted by Gasteiger charge is 2.45. The van der Waals surface area contributed by atoms with Gasteiger partial charge in [0.25, 0.3) is 0 Å². The minimum Gasteiger partial charge on any atom is -0.452 e. The molecule has 1 aromatic carbocycles. The first kappa shape index (κ1) is 29.5. The molecule has 0 aromatic heterocycles. The van der Waals surface area contributed by atoms with Crippen LogP contribution in [0.4, 0.5) is 0 Å². The lowest BCUT2D eigenvalue weighted by molar-refractivity contribution is -0.153. The Bertz CT molecular complexity index is 818. The Morgan fingerprint density at radius 3 is 2.32 bits per heavy atom. The molecule has 0 radical (unpaired) electrons. The second-order valence-corrected chi connectivity index (χ2v) is 17.0. The van der Waals surface area contributed by atoms with Gasteiger partial charge in [-0.05, 0) is 69.5 Å². The Balaban J connectivity index is 2.24. The van der Waals surface area contributed by atoms with E-state index in [1.54, 1.807) is 12.1 Å².